The summed E-state index contributed by atoms with van der Waals surface area (Å²) in [7, 11) is 0. The maximum atomic E-state index is 13.6. The Bertz CT molecular complexity index is 458. The molecule has 1 atom stereocenters. The van der Waals surface area contributed by atoms with Gasteiger partial charge in [0.25, 0.3) is 0 Å². The maximum Gasteiger partial charge on any atom is 0.132 e. The predicted octanol–water partition coefficient (Wildman–Crippen LogP) is 2.32. The van der Waals surface area contributed by atoms with Crippen LogP contribution in [0.25, 0.3) is 0 Å². The van der Waals surface area contributed by atoms with Crippen LogP contribution >= 0.6 is 0 Å². The fourth-order valence-electron chi connectivity index (χ4n) is 2.23. The average Bonchev–Trinajstić information content (AvgIpc) is 2.39. The molecule has 0 spiro atoms. The minimum Gasteiger partial charge on any atom is -0.387 e. The van der Waals surface area contributed by atoms with Crippen LogP contribution in [-0.4, -0.2) is 18.3 Å². The highest BCUT2D eigenvalue weighted by molar-refractivity contribution is 5.26. The highest BCUT2D eigenvalue weighted by Gasteiger charge is 2.42. The van der Waals surface area contributed by atoms with Crippen LogP contribution in [0.3, 0.4) is 0 Å². The van der Waals surface area contributed by atoms with Crippen LogP contribution in [0.1, 0.15) is 24.5 Å². The lowest BCUT2D eigenvalue weighted by molar-refractivity contribution is -0.0336. The van der Waals surface area contributed by atoms with Crippen LogP contribution in [0, 0.1) is 28.4 Å². The Morgan fingerprint density at radius 2 is 1.83 bits per heavy atom. The van der Waals surface area contributed by atoms with Crippen LogP contribution in [0.5, 0.6) is 0 Å². The number of ether oxygens (including phenoxy) is 1. The topological polar surface area (TPSA) is 53.2 Å². The van der Waals surface area contributed by atoms with E-state index in [2.05, 4.69) is 0 Å². The molecule has 1 unspecified atom stereocenters. The summed E-state index contributed by atoms with van der Waals surface area (Å²) < 4.78 is 32.4. The van der Waals surface area contributed by atoms with Crippen LogP contribution in [0.2, 0.25) is 0 Å². The van der Waals surface area contributed by atoms with E-state index in [-0.39, 0.29) is 12.8 Å². The van der Waals surface area contributed by atoms with Crippen LogP contribution < -0.4 is 0 Å². The number of aliphatic hydroxyl groups excluding tert-OH is 1. The molecule has 0 aromatic heterocycles. The second kappa shape index (κ2) is 5.01. The highest BCUT2D eigenvalue weighted by Crippen LogP contribution is 2.43. The van der Waals surface area contributed by atoms with E-state index in [4.69, 9.17) is 4.74 Å². The zero-order valence-corrected chi connectivity index (χ0v) is 9.70. The molecule has 1 heterocycles. The molecule has 1 aromatic carbocycles. The molecule has 0 amide bonds. The summed E-state index contributed by atoms with van der Waals surface area (Å²) in [6.45, 7) is 0.612. The molecule has 5 heteroatoms. The van der Waals surface area contributed by atoms with E-state index in [1.165, 1.54) is 6.07 Å². The molecule has 1 saturated heterocycles. The van der Waals surface area contributed by atoms with Gasteiger partial charge in [0.2, 0.25) is 0 Å². The van der Waals surface area contributed by atoms with Crippen molar-refractivity contribution in [3.05, 3.63) is 35.4 Å². The van der Waals surface area contributed by atoms with Crippen molar-refractivity contribution in [2.45, 2.75) is 18.9 Å². The summed E-state index contributed by atoms with van der Waals surface area (Å²) in [4.78, 5) is 0. The number of benzene rings is 1. The van der Waals surface area contributed by atoms with Crippen LogP contribution in [0.15, 0.2) is 18.2 Å². The Morgan fingerprint density at radius 3 is 2.33 bits per heavy atom. The molecule has 1 fully saturated rings. The van der Waals surface area contributed by atoms with E-state index in [0.717, 1.165) is 12.1 Å². The van der Waals surface area contributed by atoms with E-state index in [1.54, 1.807) is 0 Å². The first-order chi connectivity index (χ1) is 8.60. The van der Waals surface area contributed by atoms with Crippen LogP contribution in [0.4, 0.5) is 8.78 Å². The van der Waals surface area contributed by atoms with Gasteiger partial charge in [0.1, 0.15) is 17.7 Å². The van der Waals surface area contributed by atoms with Crippen LogP contribution in [-0.2, 0) is 4.74 Å². The molecule has 3 nitrogen and oxygen atoms in total. The number of rotatable bonds is 2. The normalized spacial score (nSPS) is 20.1. The monoisotopic (exact) mass is 253 g/mol. The van der Waals surface area contributed by atoms with Gasteiger partial charge in [-0.1, -0.05) is 6.07 Å². The molecular formula is C13H13F2NO2. The third kappa shape index (κ3) is 2.09. The largest absolute Gasteiger partial charge is 0.387 e. The van der Waals surface area contributed by atoms with Crippen molar-refractivity contribution < 1.29 is 18.6 Å². The van der Waals surface area contributed by atoms with Gasteiger partial charge in [-0.05, 0) is 25.0 Å². The molecule has 1 N–H and O–H groups in total. The van der Waals surface area contributed by atoms with Gasteiger partial charge in [-0.2, -0.15) is 5.26 Å². The number of nitriles is 1. The van der Waals surface area contributed by atoms with Gasteiger partial charge >= 0.3 is 0 Å². The van der Waals surface area contributed by atoms with Gasteiger partial charge in [0, 0.05) is 13.2 Å². The standard InChI is InChI=1S/C13H13F2NO2/c14-9-2-1-3-10(15)11(9)12(17)13(8-16)4-6-18-7-5-13/h1-3,12,17H,4-7H2. The summed E-state index contributed by atoms with van der Waals surface area (Å²) in [6.07, 6.45) is -0.954. The molecular weight excluding hydrogens is 240 g/mol. The third-order valence-electron chi connectivity index (χ3n) is 3.40. The summed E-state index contributed by atoms with van der Waals surface area (Å²) in [6, 6.07) is 5.38. The number of hydrogen-bond acceptors (Lipinski definition) is 3. The zero-order valence-electron chi connectivity index (χ0n) is 9.70. The van der Waals surface area contributed by atoms with E-state index >= 15 is 0 Å². The molecule has 0 bridgehead atoms. The Balaban J connectivity index is 2.41. The second-order valence-corrected chi connectivity index (χ2v) is 4.42. The molecule has 1 aliphatic rings. The van der Waals surface area contributed by atoms with E-state index in [1.807, 2.05) is 6.07 Å². The van der Waals surface area contributed by atoms with Crippen molar-refractivity contribution in [2.75, 3.05) is 13.2 Å². The van der Waals surface area contributed by atoms with E-state index < -0.39 is 28.7 Å². The van der Waals surface area contributed by atoms with Crippen molar-refractivity contribution in [1.82, 2.24) is 0 Å². The average molecular weight is 253 g/mol. The Labute approximate surface area is 104 Å². The summed E-state index contributed by atoms with van der Waals surface area (Å²) in [5.41, 5.74) is -1.61. The summed E-state index contributed by atoms with van der Waals surface area (Å²) in [5, 5.41) is 19.4. The summed E-state index contributed by atoms with van der Waals surface area (Å²) in [5.74, 6) is -1.66. The van der Waals surface area contributed by atoms with Crippen molar-refractivity contribution >= 4 is 0 Å². The SMILES string of the molecule is N#CC1(C(O)c2c(F)cccc2F)CCOCC1. The number of halogens is 2. The fourth-order valence-corrected chi connectivity index (χ4v) is 2.23. The van der Waals surface area contributed by atoms with Crippen molar-refractivity contribution in [3.8, 4) is 6.07 Å². The first-order valence-electron chi connectivity index (χ1n) is 5.72. The first kappa shape index (κ1) is 12.9. The maximum absolute atomic E-state index is 13.6. The lowest BCUT2D eigenvalue weighted by Gasteiger charge is -2.35. The molecule has 1 aliphatic heterocycles. The number of aliphatic hydroxyl groups is 1. The quantitative estimate of drug-likeness (QED) is 0.880. The van der Waals surface area contributed by atoms with Crippen molar-refractivity contribution in [3.63, 3.8) is 0 Å². The zero-order chi connectivity index (χ0) is 13.2. The first-order valence-corrected chi connectivity index (χ1v) is 5.72. The van der Waals surface area contributed by atoms with Gasteiger partial charge in [-0.25, -0.2) is 8.78 Å². The smallest absolute Gasteiger partial charge is 0.132 e. The van der Waals surface area contributed by atoms with E-state index in [0.29, 0.717) is 13.2 Å². The molecule has 18 heavy (non-hydrogen) atoms. The number of nitrogens with zero attached hydrogens (tertiary/aromatic N) is 1. The molecule has 0 aliphatic carbocycles. The second-order valence-electron chi connectivity index (χ2n) is 4.42. The van der Waals surface area contributed by atoms with E-state index in [9.17, 15) is 19.1 Å². The van der Waals surface area contributed by atoms with Crippen molar-refractivity contribution in [2.24, 2.45) is 5.41 Å². The molecule has 0 saturated carbocycles. The Kier molecular flexibility index (Phi) is 3.60. The van der Waals surface area contributed by atoms with Gasteiger partial charge in [0.15, 0.2) is 0 Å². The molecule has 96 valence electrons. The van der Waals surface area contributed by atoms with Gasteiger partial charge in [-0.3, -0.25) is 0 Å². The van der Waals surface area contributed by atoms with Gasteiger partial charge in [0.05, 0.1) is 17.0 Å². The highest BCUT2D eigenvalue weighted by atomic mass is 19.1. The summed E-state index contributed by atoms with van der Waals surface area (Å²) >= 11 is 0. The molecule has 1 aromatic rings. The fraction of sp³-hybridized carbons (Fsp3) is 0.462. The Hall–Kier alpha value is -1.51. The van der Waals surface area contributed by atoms with Gasteiger partial charge in [-0.15, -0.1) is 0 Å². The van der Waals surface area contributed by atoms with Crippen molar-refractivity contribution in [1.29, 1.82) is 5.26 Å². The predicted molar refractivity (Wildman–Crippen MR) is 59.4 cm³/mol. The molecule has 2 rings (SSSR count). The number of hydrogen-bond donors (Lipinski definition) is 1. The van der Waals surface area contributed by atoms with Gasteiger partial charge < -0.3 is 9.84 Å². The lowest BCUT2D eigenvalue weighted by Crippen LogP contribution is -2.35. The minimum absolute atomic E-state index is 0.262. The lowest BCUT2D eigenvalue weighted by atomic mass is 9.74. The Morgan fingerprint density at radius 1 is 1.28 bits per heavy atom. The molecule has 0 radical (unpaired) electrons. The third-order valence-corrected chi connectivity index (χ3v) is 3.40. The minimum atomic E-state index is -1.48.